The second kappa shape index (κ2) is 6.96. The molecule has 1 aliphatic rings. The predicted molar refractivity (Wildman–Crippen MR) is 79.8 cm³/mol. The average molecular weight is 282 g/mol. The molecule has 1 heterocycles. The van der Waals surface area contributed by atoms with Gasteiger partial charge in [0, 0.05) is 31.2 Å². The van der Waals surface area contributed by atoms with Gasteiger partial charge in [-0.15, -0.1) is 0 Å². The van der Waals surface area contributed by atoms with Crippen LogP contribution in [0.25, 0.3) is 0 Å². The molecule has 1 aliphatic carbocycles. The second-order valence-electron chi connectivity index (χ2n) is 4.78. The van der Waals surface area contributed by atoms with Crippen LogP contribution in [0.5, 0.6) is 0 Å². The van der Waals surface area contributed by atoms with Crippen molar-refractivity contribution in [3.63, 3.8) is 0 Å². The normalized spacial score (nSPS) is 22.5. The minimum absolute atomic E-state index is 0.248. The molecule has 1 aromatic rings. The van der Waals surface area contributed by atoms with Gasteiger partial charge in [0.25, 0.3) is 0 Å². The van der Waals surface area contributed by atoms with Crippen molar-refractivity contribution in [1.29, 1.82) is 0 Å². The minimum Gasteiger partial charge on any atom is -0.396 e. The number of rotatable bonds is 6. The molecule has 0 aliphatic heterocycles. The first-order valence-corrected chi connectivity index (χ1v) is 8.03. The van der Waals surface area contributed by atoms with Crippen LogP contribution in [0.2, 0.25) is 0 Å². The number of nitrogens with zero attached hydrogens (tertiary/aromatic N) is 2. The Bertz CT molecular complexity index is 416. The zero-order chi connectivity index (χ0) is 13.7. The van der Waals surface area contributed by atoms with E-state index in [1.807, 2.05) is 19.2 Å². The summed E-state index contributed by atoms with van der Waals surface area (Å²) < 4.78 is 0. The van der Waals surface area contributed by atoms with E-state index in [0.29, 0.717) is 12.0 Å². The second-order valence-corrected chi connectivity index (χ2v) is 5.55. The standard InChI is InChI=1S/C13H22N4OS/c1-3-14-11-7-12(17-13(16-11)19-2)15-10-6-4-5-9(10)8-18/h7,9-10,18H,3-6,8H2,1-2H3,(H2,14,15,16,17). The fourth-order valence-electron chi connectivity index (χ4n) is 2.50. The number of hydrogen-bond donors (Lipinski definition) is 3. The van der Waals surface area contributed by atoms with E-state index < -0.39 is 0 Å². The third-order valence-corrected chi connectivity index (χ3v) is 4.02. The van der Waals surface area contributed by atoms with Gasteiger partial charge in [-0.1, -0.05) is 18.2 Å². The quantitative estimate of drug-likeness (QED) is 0.549. The third kappa shape index (κ3) is 3.73. The topological polar surface area (TPSA) is 70.1 Å². The maximum absolute atomic E-state index is 9.36. The van der Waals surface area contributed by atoms with E-state index in [4.69, 9.17) is 0 Å². The fourth-order valence-corrected chi connectivity index (χ4v) is 2.88. The Balaban J connectivity index is 2.12. The Hall–Kier alpha value is -1.01. The lowest BCUT2D eigenvalue weighted by molar-refractivity contribution is 0.222. The molecule has 2 unspecified atom stereocenters. The molecule has 3 N–H and O–H groups in total. The first-order chi connectivity index (χ1) is 9.26. The van der Waals surface area contributed by atoms with Gasteiger partial charge in [0.15, 0.2) is 5.16 Å². The molecule has 1 aromatic heterocycles. The Kier molecular flexibility index (Phi) is 5.27. The molecule has 0 radical (unpaired) electrons. The molecule has 0 saturated heterocycles. The number of anilines is 2. The number of hydrogen-bond acceptors (Lipinski definition) is 6. The molecule has 2 atom stereocenters. The molecule has 1 fully saturated rings. The van der Waals surface area contributed by atoms with Crippen LogP contribution in [-0.4, -0.2) is 40.5 Å². The smallest absolute Gasteiger partial charge is 0.191 e. The van der Waals surface area contributed by atoms with E-state index in [0.717, 1.165) is 36.2 Å². The van der Waals surface area contributed by atoms with Gasteiger partial charge in [0.2, 0.25) is 0 Å². The van der Waals surface area contributed by atoms with E-state index in [1.165, 1.54) is 18.2 Å². The average Bonchev–Trinajstić information content (AvgIpc) is 2.86. The highest BCUT2D eigenvalue weighted by molar-refractivity contribution is 7.98. The lowest BCUT2D eigenvalue weighted by Crippen LogP contribution is -2.27. The van der Waals surface area contributed by atoms with Crippen LogP contribution < -0.4 is 10.6 Å². The van der Waals surface area contributed by atoms with Gasteiger partial charge in [0.05, 0.1) is 0 Å². The number of aliphatic hydroxyl groups excluding tert-OH is 1. The molecule has 1 saturated carbocycles. The van der Waals surface area contributed by atoms with Crippen LogP contribution in [0.15, 0.2) is 11.2 Å². The highest BCUT2D eigenvalue weighted by atomic mass is 32.2. The fraction of sp³-hybridized carbons (Fsp3) is 0.692. The summed E-state index contributed by atoms with van der Waals surface area (Å²) in [6, 6.07) is 2.26. The highest BCUT2D eigenvalue weighted by Crippen LogP contribution is 2.28. The van der Waals surface area contributed by atoms with Gasteiger partial charge in [-0.25, -0.2) is 9.97 Å². The number of nitrogens with one attached hydrogen (secondary N) is 2. The van der Waals surface area contributed by atoms with Gasteiger partial charge in [0.1, 0.15) is 11.6 Å². The van der Waals surface area contributed by atoms with Crippen LogP contribution >= 0.6 is 11.8 Å². The Labute approximate surface area is 118 Å². The molecule has 5 nitrogen and oxygen atoms in total. The Morgan fingerprint density at radius 1 is 1.37 bits per heavy atom. The molecule has 0 spiro atoms. The summed E-state index contributed by atoms with van der Waals surface area (Å²) in [6.07, 6.45) is 5.33. The van der Waals surface area contributed by atoms with Gasteiger partial charge in [-0.05, 0) is 26.0 Å². The lowest BCUT2D eigenvalue weighted by atomic mass is 10.1. The van der Waals surface area contributed by atoms with Crippen LogP contribution in [0.4, 0.5) is 11.6 Å². The largest absolute Gasteiger partial charge is 0.396 e. The zero-order valence-electron chi connectivity index (χ0n) is 11.5. The minimum atomic E-state index is 0.248. The van der Waals surface area contributed by atoms with Crippen molar-refractivity contribution in [2.24, 2.45) is 5.92 Å². The summed E-state index contributed by atoms with van der Waals surface area (Å²) in [5.74, 6) is 2.04. The van der Waals surface area contributed by atoms with Gasteiger partial charge >= 0.3 is 0 Å². The first kappa shape index (κ1) is 14.4. The van der Waals surface area contributed by atoms with Crippen LogP contribution in [0.3, 0.4) is 0 Å². The Morgan fingerprint density at radius 3 is 2.84 bits per heavy atom. The van der Waals surface area contributed by atoms with Crippen LogP contribution in [0.1, 0.15) is 26.2 Å². The molecular formula is C13H22N4OS. The van der Waals surface area contributed by atoms with Crippen LogP contribution in [-0.2, 0) is 0 Å². The molecule has 19 heavy (non-hydrogen) atoms. The van der Waals surface area contributed by atoms with E-state index >= 15 is 0 Å². The van der Waals surface area contributed by atoms with E-state index in [1.54, 1.807) is 0 Å². The van der Waals surface area contributed by atoms with Crippen molar-refractivity contribution < 1.29 is 5.11 Å². The molecular weight excluding hydrogens is 260 g/mol. The summed E-state index contributed by atoms with van der Waals surface area (Å²) in [4.78, 5) is 8.89. The lowest BCUT2D eigenvalue weighted by Gasteiger charge is -2.20. The van der Waals surface area contributed by atoms with Crippen molar-refractivity contribution in [2.75, 3.05) is 30.0 Å². The molecule has 106 valence electrons. The van der Waals surface area contributed by atoms with Crippen molar-refractivity contribution in [3.8, 4) is 0 Å². The van der Waals surface area contributed by atoms with Gasteiger partial charge in [-0.3, -0.25) is 0 Å². The summed E-state index contributed by atoms with van der Waals surface area (Å²) in [6.45, 7) is 3.14. The van der Waals surface area contributed by atoms with E-state index in [9.17, 15) is 5.11 Å². The van der Waals surface area contributed by atoms with E-state index in [2.05, 4.69) is 20.6 Å². The molecule has 0 aromatic carbocycles. The monoisotopic (exact) mass is 282 g/mol. The Morgan fingerprint density at radius 2 is 2.16 bits per heavy atom. The highest BCUT2D eigenvalue weighted by Gasteiger charge is 2.26. The number of aromatic nitrogens is 2. The van der Waals surface area contributed by atoms with Crippen molar-refractivity contribution in [2.45, 2.75) is 37.4 Å². The van der Waals surface area contributed by atoms with Gasteiger partial charge in [-0.2, -0.15) is 0 Å². The predicted octanol–water partition coefficient (Wildman–Crippen LogP) is 2.20. The molecule has 2 rings (SSSR count). The zero-order valence-corrected chi connectivity index (χ0v) is 12.3. The molecule has 0 bridgehead atoms. The summed E-state index contributed by atoms with van der Waals surface area (Å²) in [7, 11) is 0. The number of thioether (sulfide) groups is 1. The summed E-state index contributed by atoms with van der Waals surface area (Å²) >= 11 is 1.54. The van der Waals surface area contributed by atoms with Crippen molar-refractivity contribution in [3.05, 3.63) is 6.07 Å². The maximum Gasteiger partial charge on any atom is 0.191 e. The number of aliphatic hydroxyl groups is 1. The molecule has 6 heteroatoms. The SMILES string of the molecule is CCNc1cc(NC2CCCC2CO)nc(SC)n1. The third-order valence-electron chi connectivity index (χ3n) is 3.47. The molecule has 0 amide bonds. The van der Waals surface area contributed by atoms with Gasteiger partial charge < -0.3 is 15.7 Å². The van der Waals surface area contributed by atoms with Crippen molar-refractivity contribution >= 4 is 23.4 Å². The van der Waals surface area contributed by atoms with Crippen LogP contribution in [0, 0.1) is 5.92 Å². The maximum atomic E-state index is 9.36. The first-order valence-electron chi connectivity index (χ1n) is 6.81. The van der Waals surface area contributed by atoms with Crippen molar-refractivity contribution in [1.82, 2.24) is 9.97 Å². The summed E-state index contributed by atoms with van der Waals surface area (Å²) in [5, 5.41) is 16.8. The van der Waals surface area contributed by atoms with E-state index in [-0.39, 0.29) is 6.61 Å². The summed E-state index contributed by atoms with van der Waals surface area (Å²) in [5.41, 5.74) is 0.